The first kappa shape index (κ1) is 28.3. The number of rotatable bonds is 9. The third-order valence-electron chi connectivity index (χ3n) is 7.23. The number of methoxy groups -OCH3 is 3. The molecule has 0 aromatic heterocycles. The van der Waals surface area contributed by atoms with Gasteiger partial charge in [-0.3, -0.25) is 4.79 Å². The third-order valence-corrected chi connectivity index (χ3v) is 7.23. The molecule has 5 rings (SSSR count). The summed E-state index contributed by atoms with van der Waals surface area (Å²) in [5, 5.41) is 11.2. The Morgan fingerprint density at radius 2 is 1.59 bits per heavy atom. The van der Waals surface area contributed by atoms with E-state index in [1.807, 2.05) is 72.8 Å². The Morgan fingerprint density at radius 3 is 2.18 bits per heavy atom. The van der Waals surface area contributed by atoms with E-state index in [9.17, 15) is 9.90 Å². The molecule has 8 nitrogen and oxygen atoms in total. The van der Waals surface area contributed by atoms with Crippen LogP contribution in [0.4, 0.5) is 0 Å². The number of carbonyl (C=O) groups excluding carboxylic acids is 1. The van der Waals surface area contributed by atoms with E-state index in [0.29, 0.717) is 30.4 Å². The summed E-state index contributed by atoms with van der Waals surface area (Å²) in [7, 11) is 4.58. The predicted molar refractivity (Wildman–Crippen MR) is 148 cm³/mol. The highest BCUT2D eigenvalue weighted by atomic mass is 16.5. The Bertz CT molecular complexity index is 1200. The van der Waals surface area contributed by atoms with Crippen molar-refractivity contribution < 1.29 is 33.6 Å². The second-order valence-electron chi connectivity index (χ2n) is 9.48. The van der Waals surface area contributed by atoms with Gasteiger partial charge in [0.1, 0.15) is 29.1 Å². The van der Waals surface area contributed by atoms with Crippen LogP contribution in [0.25, 0.3) is 0 Å². The molecule has 5 atom stereocenters. The summed E-state index contributed by atoms with van der Waals surface area (Å²) in [4.78, 5) is 12.6. The molecule has 1 aliphatic carbocycles. The zero-order valence-corrected chi connectivity index (χ0v) is 22.6. The van der Waals surface area contributed by atoms with E-state index in [-0.39, 0.29) is 5.92 Å². The monoisotopic (exact) mass is 535 g/mol. The van der Waals surface area contributed by atoms with Crippen molar-refractivity contribution in [3.05, 3.63) is 83.9 Å². The van der Waals surface area contributed by atoms with Crippen LogP contribution in [0.15, 0.2) is 72.8 Å². The molecule has 1 aliphatic heterocycles. The lowest BCUT2D eigenvalue weighted by atomic mass is 9.87. The van der Waals surface area contributed by atoms with Gasteiger partial charge in [-0.15, -0.1) is 0 Å². The van der Waals surface area contributed by atoms with Gasteiger partial charge in [0, 0.05) is 23.6 Å². The van der Waals surface area contributed by atoms with Crippen molar-refractivity contribution in [1.29, 1.82) is 0 Å². The Labute approximate surface area is 229 Å². The van der Waals surface area contributed by atoms with Crippen LogP contribution in [-0.2, 0) is 9.53 Å². The van der Waals surface area contributed by atoms with Crippen LogP contribution in [0.1, 0.15) is 35.8 Å². The van der Waals surface area contributed by atoms with E-state index in [1.54, 1.807) is 14.2 Å². The van der Waals surface area contributed by atoms with Gasteiger partial charge in [0.2, 0.25) is 0 Å². The van der Waals surface area contributed by atoms with Gasteiger partial charge >= 0.3 is 5.97 Å². The molecule has 0 bridgehead atoms. The molecule has 0 radical (unpaired) electrons. The van der Waals surface area contributed by atoms with Crippen molar-refractivity contribution in [1.82, 2.24) is 0 Å². The van der Waals surface area contributed by atoms with Gasteiger partial charge in [-0.2, -0.15) is 0 Å². The maximum absolute atomic E-state index is 12.6. The van der Waals surface area contributed by atoms with Crippen LogP contribution in [0, 0.1) is 5.92 Å². The molecule has 1 heterocycles. The first-order valence-electron chi connectivity index (χ1n) is 13.1. The molecule has 1 saturated carbocycles. The lowest BCUT2D eigenvalue weighted by Gasteiger charge is -2.24. The number of aliphatic hydroxyl groups is 1. The number of hydrogen-bond acceptors (Lipinski definition) is 8. The van der Waals surface area contributed by atoms with Gasteiger partial charge in [-0.05, 0) is 37.1 Å². The molecule has 1 fully saturated rings. The van der Waals surface area contributed by atoms with Gasteiger partial charge in [0.05, 0.1) is 45.9 Å². The summed E-state index contributed by atoms with van der Waals surface area (Å²) in [6, 6.07) is 23.0. The standard InChI is InChI=1S/C24H29NO6.C7H8O/c1-28-16-12-15(30-11-7-6-10-25)13-17-19(16)20-22(26)21(24(27)29-2)18(23(20)31-17)14-8-4-3-5-9-14;1-8-7-5-3-2-4-6-7/h3-5,8-9,12-13,18,20-23,26H,6-7,10-11,25H2,1-2H3;2-6H,1H3/t18-,20?,21?,22?,23?;/m1./s1. The SMILES string of the molecule is COC(=O)C1C(O)C2c3c(OC)cc(OCCCCN)cc3OC2[C@@H]1c1ccccc1.COc1ccccc1. The van der Waals surface area contributed by atoms with E-state index in [1.165, 1.54) is 7.11 Å². The van der Waals surface area contributed by atoms with Crippen molar-refractivity contribution in [2.75, 3.05) is 34.5 Å². The number of esters is 1. The first-order valence-corrected chi connectivity index (χ1v) is 13.1. The minimum absolute atomic E-state index is 0.348. The third kappa shape index (κ3) is 6.13. The number of aliphatic hydroxyl groups excluding tert-OH is 1. The Hall–Kier alpha value is -3.75. The highest BCUT2D eigenvalue weighted by molar-refractivity contribution is 5.76. The molecule has 3 N–H and O–H groups in total. The number of ether oxygens (including phenoxy) is 5. The van der Waals surface area contributed by atoms with Crippen molar-refractivity contribution >= 4 is 5.97 Å². The molecule has 39 heavy (non-hydrogen) atoms. The summed E-state index contributed by atoms with van der Waals surface area (Å²) in [5.74, 6) is 0.814. The van der Waals surface area contributed by atoms with Crippen LogP contribution in [0.3, 0.4) is 0 Å². The molecular formula is C31H37NO7. The number of benzene rings is 3. The maximum atomic E-state index is 12.6. The lowest BCUT2D eigenvalue weighted by Crippen LogP contribution is -2.31. The summed E-state index contributed by atoms with van der Waals surface area (Å²) >= 11 is 0. The van der Waals surface area contributed by atoms with Crippen LogP contribution in [0.5, 0.6) is 23.0 Å². The minimum Gasteiger partial charge on any atom is -0.497 e. The average Bonchev–Trinajstić information content (AvgIpc) is 3.50. The topological polar surface area (TPSA) is 109 Å². The van der Waals surface area contributed by atoms with Gasteiger partial charge in [-0.25, -0.2) is 0 Å². The molecular weight excluding hydrogens is 498 g/mol. The van der Waals surface area contributed by atoms with Crippen molar-refractivity contribution in [2.45, 2.75) is 36.9 Å². The molecule has 0 amide bonds. The first-order chi connectivity index (χ1) is 19.0. The fourth-order valence-corrected chi connectivity index (χ4v) is 5.43. The van der Waals surface area contributed by atoms with Gasteiger partial charge in [0.15, 0.2) is 0 Å². The van der Waals surface area contributed by atoms with E-state index < -0.39 is 30.0 Å². The predicted octanol–water partition coefficient (Wildman–Crippen LogP) is 4.30. The molecule has 4 unspecified atom stereocenters. The van der Waals surface area contributed by atoms with E-state index >= 15 is 0 Å². The molecule has 208 valence electrons. The number of para-hydroxylation sites is 1. The van der Waals surface area contributed by atoms with Crippen LogP contribution in [0.2, 0.25) is 0 Å². The fraction of sp³-hybridized carbons (Fsp3) is 0.387. The van der Waals surface area contributed by atoms with Gasteiger partial charge in [-0.1, -0.05) is 48.5 Å². The van der Waals surface area contributed by atoms with Gasteiger partial charge < -0.3 is 34.5 Å². The van der Waals surface area contributed by atoms with Crippen molar-refractivity contribution in [3.8, 4) is 23.0 Å². The zero-order chi connectivity index (χ0) is 27.8. The second kappa shape index (κ2) is 13.4. The number of unbranched alkanes of at least 4 members (excludes halogenated alkanes) is 1. The number of nitrogens with two attached hydrogens (primary N) is 1. The summed E-state index contributed by atoms with van der Waals surface area (Å²) in [5.41, 5.74) is 7.23. The van der Waals surface area contributed by atoms with Crippen LogP contribution >= 0.6 is 0 Å². The Morgan fingerprint density at radius 1 is 0.897 bits per heavy atom. The highest BCUT2D eigenvalue weighted by Crippen LogP contribution is 2.58. The molecule has 8 heteroatoms. The number of carbonyl (C=O) groups is 1. The maximum Gasteiger partial charge on any atom is 0.312 e. The summed E-state index contributed by atoms with van der Waals surface area (Å²) in [6.07, 6.45) is 0.368. The fourth-order valence-electron chi connectivity index (χ4n) is 5.43. The van der Waals surface area contributed by atoms with Crippen molar-refractivity contribution in [3.63, 3.8) is 0 Å². The zero-order valence-electron chi connectivity index (χ0n) is 22.6. The largest absolute Gasteiger partial charge is 0.497 e. The molecule has 3 aromatic rings. The average molecular weight is 536 g/mol. The van der Waals surface area contributed by atoms with E-state index in [4.69, 9.17) is 29.4 Å². The summed E-state index contributed by atoms with van der Waals surface area (Å²) < 4.78 is 27.8. The van der Waals surface area contributed by atoms with Crippen molar-refractivity contribution in [2.24, 2.45) is 11.7 Å². The number of hydrogen-bond donors (Lipinski definition) is 2. The Kier molecular flexibility index (Phi) is 9.68. The molecule has 0 saturated heterocycles. The Balaban J connectivity index is 0.000000379. The molecule has 3 aromatic carbocycles. The lowest BCUT2D eigenvalue weighted by molar-refractivity contribution is -0.149. The van der Waals surface area contributed by atoms with E-state index in [0.717, 1.165) is 29.7 Å². The van der Waals surface area contributed by atoms with Gasteiger partial charge in [0.25, 0.3) is 0 Å². The van der Waals surface area contributed by atoms with Crippen LogP contribution < -0.4 is 24.7 Å². The molecule has 2 aliphatic rings. The highest BCUT2D eigenvalue weighted by Gasteiger charge is 2.60. The number of fused-ring (bicyclic) bond motifs is 3. The quantitative estimate of drug-likeness (QED) is 0.308. The molecule has 0 spiro atoms. The second-order valence-corrected chi connectivity index (χ2v) is 9.48. The normalized spacial score (nSPS) is 22.4. The van der Waals surface area contributed by atoms with E-state index in [2.05, 4.69) is 0 Å². The smallest absolute Gasteiger partial charge is 0.312 e. The van der Waals surface area contributed by atoms with Crippen LogP contribution in [-0.4, -0.2) is 57.8 Å². The summed E-state index contributed by atoms with van der Waals surface area (Å²) in [6.45, 7) is 1.18. The minimum atomic E-state index is -0.964.